The van der Waals surface area contributed by atoms with E-state index in [0.29, 0.717) is 17.0 Å². The molecule has 0 saturated carbocycles. The molecule has 2 aromatic heterocycles. The molecule has 128 valence electrons. The molecule has 0 fully saturated rings. The number of nitrogens with one attached hydrogen (secondary N) is 1. The maximum absolute atomic E-state index is 12.9. The molecule has 0 spiro atoms. The molecule has 0 radical (unpaired) electrons. The lowest BCUT2D eigenvalue weighted by atomic mass is 10.1. The van der Waals surface area contributed by atoms with E-state index in [1.807, 2.05) is 36.7 Å². The first-order valence-electron chi connectivity index (χ1n) is 7.70. The fourth-order valence-electron chi connectivity index (χ4n) is 2.39. The Morgan fingerprint density at radius 3 is 2.64 bits per heavy atom. The fourth-order valence-corrected chi connectivity index (χ4v) is 2.99. The molecule has 25 heavy (non-hydrogen) atoms. The average Bonchev–Trinajstić information content (AvgIpc) is 3.13. The van der Waals surface area contributed by atoms with Crippen molar-refractivity contribution >= 4 is 23.5 Å². The Hall–Kier alpha value is -2.80. The van der Waals surface area contributed by atoms with Gasteiger partial charge in [0.15, 0.2) is 5.13 Å². The first-order chi connectivity index (χ1) is 12.0. The number of nitrogens with zero attached hydrogens (tertiary/aromatic N) is 3. The van der Waals surface area contributed by atoms with Crippen LogP contribution >= 0.6 is 11.3 Å². The molecule has 0 atom stereocenters. The summed E-state index contributed by atoms with van der Waals surface area (Å²) in [4.78, 5) is 12.7. The summed E-state index contributed by atoms with van der Waals surface area (Å²) in [5.74, 6) is -0.314. The van der Waals surface area contributed by atoms with Crippen LogP contribution in [0.1, 0.15) is 32.2 Å². The van der Waals surface area contributed by atoms with Gasteiger partial charge in [0.2, 0.25) is 0 Å². The number of aromatic nitrogens is 2. The van der Waals surface area contributed by atoms with Gasteiger partial charge in [0.1, 0.15) is 0 Å². The largest absolute Gasteiger partial charge is 0.271 e. The smallest absolute Gasteiger partial charge is 0.267 e. The fraction of sp³-hybridized carbons (Fsp3) is 0.167. The molecule has 1 amide bonds. The zero-order chi connectivity index (χ0) is 17.8. The predicted molar refractivity (Wildman–Crippen MR) is 96.6 cm³/mol. The quantitative estimate of drug-likeness (QED) is 0.562. The lowest BCUT2D eigenvalue weighted by molar-refractivity contribution is 0.0955. The van der Waals surface area contributed by atoms with E-state index < -0.39 is 0 Å². The summed E-state index contributed by atoms with van der Waals surface area (Å²) in [5, 5.41) is 7.98. The van der Waals surface area contributed by atoms with Crippen LogP contribution in [-0.4, -0.2) is 21.9 Å². The molecule has 1 N–H and O–H groups in total. The van der Waals surface area contributed by atoms with E-state index in [4.69, 9.17) is 0 Å². The molecule has 0 aliphatic carbocycles. The zero-order valence-electron chi connectivity index (χ0n) is 13.9. The van der Waals surface area contributed by atoms with Crippen LogP contribution in [0, 0.1) is 19.0 Å². The Labute approximate surface area is 148 Å². The zero-order valence-corrected chi connectivity index (χ0v) is 14.7. The molecule has 3 aromatic rings. The van der Waals surface area contributed by atoms with E-state index in [9.17, 15) is 9.18 Å². The molecule has 3 rings (SSSR count). The van der Waals surface area contributed by atoms with E-state index in [0.717, 1.165) is 28.3 Å². The average molecular weight is 356 g/mol. The first kappa shape index (κ1) is 17.0. The number of thiophene rings is 1. The van der Waals surface area contributed by atoms with E-state index in [-0.39, 0.29) is 11.0 Å². The van der Waals surface area contributed by atoms with Gasteiger partial charge in [-0.3, -0.25) is 9.48 Å². The summed E-state index contributed by atoms with van der Waals surface area (Å²) < 4.78 is 14.8. The molecule has 0 bridgehead atoms. The van der Waals surface area contributed by atoms with Crippen molar-refractivity contribution in [2.75, 3.05) is 0 Å². The van der Waals surface area contributed by atoms with Crippen LogP contribution in [0.5, 0.6) is 0 Å². The number of carbonyl (C=O) groups excluding carboxylic acids is 1. The van der Waals surface area contributed by atoms with Gasteiger partial charge in [-0.05, 0) is 49.7 Å². The molecule has 1 aromatic carbocycles. The number of amides is 1. The second-order valence-electron chi connectivity index (χ2n) is 5.62. The topological polar surface area (TPSA) is 59.3 Å². The molecule has 7 heteroatoms. The summed E-state index contributed by atoms with van der Waals surface area (Å²) in [6, 6.07) is 12.3. The highest BCUT2D eigenvalue weighted by molar-refractivity contribution is 7.12. The number of halogens is 1. The van der Waals surface area contributed by atoms with Gasteiger partial charge in [0.05, 0.1) is 23.3 Å². The van der Waals surface area contributed by atoms with Gasteiger partial charge in [0, 0.05) is 11.3 Å². The van der Waals surface area contributed by atoms with Crippen LogP contribution in [0.25, 0.3) is 0 Å². The molecule has 2 heterocycles. The van der Waals surface area contributed by atoms with Crippen molar-refractivity contribution < 1.29 is 9.18 Å². The van der Waals surface area contributed by atoms with Crippen LogP contribution < -0.4 is 5.43 Å². The lowest BCUT2D eigenvalue weighted by Gasteiger charge is -2.06. The van der Waals surface area contributed by atoms with Gasteiger partial charge >= 0.3 is 0 Å². The second-order valence-corrected chi connectivity index (χ2v) is 6.69. The number of rotatable bonds is 5. The minimum Gasteiger partial charge on any atom is -0.267 e. The van der Waals surface area contributed by atoms with Crippen molar-refractivity contribution in [3.63, 3.8) is 0 Å². The number of benzene rings is 1. The van der Waals surface area contributed by atoms with Crippen molar-refractivity contribution in [3.05, 3.63) is 75.0 Å². The maximum Gasteiger partial charge on any atom is 0.271 e. The summed E-state index contributed by atoms with van der Waals surface area (Å²) >= 11 is 0.965. The molecular formula is C18H17FN4OS. The third kappa shape index (κ3) is 4.39. The van der Waals surface area contributed by atoms with E-state index in [2.05, 4.69) is 15.6 Å². The Bertz CT molecular complexity index is 912. The van der Waals surface area contributed by atoms with Gasteiger partial charge < -0.3 is 0 Å². The molecular weight excluding hydrogens is 339 g/mol. The highest BCUT2D eigenvalue weighted by Gasteiger charge is 2.06. The summed E-state index contributed by atoms with van der Waals surface area (Å²) in [6.45, 7) is 4.63. The van der Waals surface area contributed by atoms with Crippen molar-refractivity contribution in [2.24, 2.45) is 5.10 Å². The summed E-state index contributed by atoms with van der Waals surface area (Å²) in [7, 11) is 0. The molecule has 0 aliphatic rings. The van der Waals surface area contributed by atoms with Gasteiger partial charge in [-0.15, -0.1) is 11.3 Å². The maximum atomic E-state index is 12.9. The van der Waals surface area contributed by atoms with E-state index in [1.165, 1.54) is 12.3 Å². The van der Waals surface area contributed by atoms with Crippen LogP contribution in [0.4, 0.5) is 4.39 Å². The predicted octanol–water partition coefficient (Wildman–Crippen LogP) is 3.51. The minimum absolute atomic E-state index is 0.286. The van der Waals surface area contributed by atoms with Crippen molar-refractivity contribution in [2.45, 2.75) is 20.4 Å². The van der Waals surface area contributed by atoms with Crippen LogP contribution in [0.2, 0.25) is 0 Å². The number of aryl methyl sites for hydroxylation is 2. The van der Waals surface area contributed by atoms with Crippen LogP contribution in [0.3, 0.4) is 0 Å². The molecule has 0 saturated heterocycles. The third-order valence-electron chi connectivity index (χ3n) is 3.60. The van der Waals surface area contributed by atoms with Crippen molar-refractivity contribution in [1.82, 2.24) is 15.2 Å². The summed E-state index contributed by atoms with van der Waals surface area (Å²) in [6.07, 6.45) is 1.42. The van der Waals surface area contributed by atoms with Crippen molar-refractivity contribution in [1.29, 1.82) is 0 Å². The second kappa shape index (κ2) is 7.40. The third-order valence-corrected chi connectivity index (χ3v) is 4.41. The van der Waals surface area contributed by atoms with Gasteiger partial charge in [0.25, 0.3) is 5.91 Å². The standard InChI is InChI=1S/C18H17FN4OS/c1-12-9-13(2)23(22-12)11-14-3-5-15(6-4-14)18(24)21-20-10-16-7-8-17(19)25-16/h3-10H,11H2,1-2H3,(H,21,24)/b20-10+. The van der Waals surface area contributed by atoms with Gasteiger partial charge in [-0.25, -0.2) is 5.43 Å². The Morgan fingerprint density at radius 2 is 2.04 bits per heavy atom. The highest BCUT2D eigenvalue weighted by atomic mass is 32.1. The first-order valence-corrected chi connectivity index (χ1v) is 8.51. The molecule has 0 aliphatic heterocycles. The molecule has 5 nitrogen and oxygen atoms in total. The number of hydrogen-bond acceptors (Lipinski definition) is 4. The number of hydrazone groups is 1. The molecule has 0 unspecified atom stereocenters. The van der Waals surface area contributed by atoms with Crippen molar-refractivity contribution in [3.8, 4) is 0 Å². The lowest BCUT2D eigenvalue weighted by Crippen LogP contribution is -2.17. The van der Waals surface area contributed by atoms with Crippen LogP contribution in [-0.2, 0) is 6.54 Å². The SMILES string of the molecule is Cc1cc(C)n(Cc2ccc(C(=O)N/N=C/c3ccc(F)s3)cc2)n1. The summed E-state index contributed by atoms with van der Waals surface area (Å²) in [5.41, 5.74) is 6.08. The van der Waals surface area contributed by atoms with E-state index >= 15 is 0 Å². The Balaban J connectivity index is 1.60. The Morgan fingerprint density at radius 1 is 1.28 bits per heavy atom. The number of hydrogen-bond donors (Lipinski definition) is 1. The minimum atomic E-state index is -0.314. The highest BCUT2D eigenvalue weighted by Crippen LogP contribution is 2.12. The van der Waals surface area contributed by atoms with Gasteiger partial charge in [-0.2, -0.15) is 14.6 Å². The monoisotopic (exact) mass is 356 g/mol. The van der Waals surface area contributed by atoms with Crippen LogP contribution in [0.15, 0.2) is 47.6 Å². The Kier molecular flexibility index (Phi) is 5.04. The van der Waals surface area contributed by atoms with Gasteiger partial charge in [-0.1, -0.05) is 12.1 Å². The number of carbonyl (C=O) groups is 1. The normalized spacial score (nSPS) is 11.2. The van der Waals surface area contributed by atoms with E-state index in [1.54, 1.807) is 18.2 Å².